The first-order valence-electron chi connectivity index (χ1n) is 5.93. The third-order valence-electron chi connectivity index (χ3n) is 3.03. The van der Waals surface area contributed by atoms with Gasteiger partial charge in [0.05, 0.1) is 17.8 Å². The van der Waals surface area contributed by atoms with E-state index in [9.17, 15) is 4.79 Å². The molecule has 3 N–H and O–H groups in total. The number of carbonyl (C=O) groups excluding carboxylic acids is 1. The fourth-order valence-corrected chi connectivity index (χ4v) is 2.16. The number of nitrogens with two attached hydrogens (primary N) is 1. The number of fused-ring (bicyclic) bond motifs is 1. The smallest absolute Gasteiger partial charge is 0.228 e. The molecule has 3 rings (SSSR count). The van der Waals surface area contributed by atoms with Gasteiger partial charge in [0.2, 0.25) is 11.8 Å². The van der Waals surface area contributed by atoms with Crippen LogP contribution in [0.4, 0.5) is 11.4 Å². The third-order valence-corrected chi connectivity index (χ3v) is 3.03. The normalized spacial score (nSPS) is 13.3. The zero-order chi connectivity index (χ0) is 13.6. The average Bonchev–Trinajstić information content (AvgIpc) is 2.81. The largest absolute Gasteiger partial charge is 0.437 e. The lowest BCUT2D eigenvalue weighted by atomic mass is 10.1. The zero-order valence-corrected chi connectivity index (χ0v) is 10.7. The van der Waals surface area contributed by atoms with Crippen LogP contribution in [0.25, 0.3) is 0 Å². The van der Waals surface area contributed by atoms with Crippen LogP contribution in [-0.2, 0) is 18.3 Å². The maximum Gasteiger partial charge on any atom is 0.228 e. The van der Waals surface area contributed by atoms with Crippen LogP contribution in [0.5, 0.6) is 11.6 Å². The first-order chi connectivity index (χ1) is 9.02. The van der Waals surface area contributed by atoms with Crippen LogP contribution >= 0.6 is 0 Å². The van der Waals surface area contributed by atoms with Crippen LogP contribution < -0.4 is 15.8 Å². The number of aryl methyl sites for hydroxylation is 2. The van der Waals surface area contributed by atoms with Gasteiger partial charge in [-0.2, -0.15) is 5.10 Å². The van der Waals surface area contributed by atoms with E-state index in [0.717, 1.165) is 16.9 Å². The van der Waals surface area contributed by atoms with E-state index < -0.39 is 0 Å². The molecule has 2 aromatic rings. The first kappa shape index (κ1) is 11.6. The van der Waals surface area contributed by atoms with Crippen LogP contribution in [0.2, 0.25) is 0 Å². The Morgan fingerprint density at radius 3 is 2.89 bits per heavy atom. The van der Waals surface area contributed by atoms with Gasteiger partial charge in [0, 0.05) is 24.9 Å². The Kier molecular flexibility index (Phi) is 2.45. The number of nitrogen functional groups attached to an aromatic ring is 1. The number of hydrogen-bond acceptors (Lipinski definition) is 4. The Morgan fingerprint density at radius 2 is 2.21 bits per heavy atom. The number of nitrogens with one attached hydrogen (secondary N) is 1. The van der Waals surface area contributed by atoms with E-state index in [-0.39, 0.29) is 5.91 Å². The highest BCUT2D eigenvalue weighted by atomic mass is 16.5. The summed E-state index contributed by atoms with van der Waals surface area (Å²) in [6.07, 6.45) is 0.366. The van der Waals surface area contributed by atoms with Crippen molar-refractivity contribution in [1.82, 2.24) is 9.78 Å². The van der Waals surface area contributed by atoms with Gasteiger partial charge in [-0.15, -0.1) is 0 Å². The van der Waals surface area contributed by atoms with Crippen LogP contribution in [0.1, 0.15) is 11.3 Å². The molecule has 1 aliphatic heterocycles. The Morgan fingerprint density at radius 1 is 1.42 bits per heavy atom. The Balaban J connectivity index is 1.96. The van der Waals surface area contributed by atoms with Crippen molar-refractivity contribution in [2.24, 2.45) is 7.05 Å². The SMILES string of the molecule is Cc1cc(Oc2cc3c(cc2N)CC(=O)N3)n(C)n1. The highest BCUT2D eigenvalue weighted by Crippen LogP contribution is 2.35. The van der Waals surface area contributed by atoms with Gasteiger partial charge < -0.3 is 15.8 Å². The summed E-state index contributed by atoms with van der Waals surface area (Å²) >= 11 is 0. The summed E-state index contributed by atoms with van der Waals surface area (Å²) in [7, 11) is 1.80. The van der Waals surface area contributed by atoms with Gasteiger partial charge in [0.1, 0.15) is 0 Å². The summed E-state index contributed by atoms with van der Waals surface area (Å²) in [5.74, 6) is 1.10. The molecule has 0 spiro atoms. The molecular formula is C13H14N4O2. The third kappa shape index (κ3) is 2.01. The molecule has 0 aliphatic carbocycles. The predicted molar refractivity (Wildman–Crippen MR) is 71.2 cm³/mol. The summed E-state index contributed by atoms with van der Waals surface area (Å²) in [6, 6.07) is 5.34. The van der Waals surface area contributed by atoms with Gasteiger partial charge in [-0.3, -0.25) is 4.79 Å². The van der Waals surface area contributed by atoms with Crippen molar-refractivity contribution in [3.05, 3.63) is 29.5 Å². The topological polar surface area (TPSA) is 82.2 Å². The molecule has 19 heavy (non-hydrogen) atoms. The van der Waals surface area contributed by atoms with Gasteiger partial charge in [0.15, 0.2) is 5.75 Å². The summed E-state index contributed by atoms with van der Waals surface area (Å²) in [6.45, 7) is 1.89. The van der Waals surface area contributed by atoms with E-state index in [1.165, 1.54) is 0 Å². The van der Waals surface area contributed by atoms with E-state index in [2.05, 4.69) is 10.4 Å². The van der Waals surface area contributed by atoms with Crippen molar-refractivity contribution >= 4 is 17.3 Å². The van der Waals surface area contributed by atoms with E-state index in [1.807, 2.05) is 13.0 Å². The molecule has 1 aliphatic rings. The maximum absolute atomic E-state index is 11.3. The molecule has 1 aromatic carbocycles. The lowest BCUT2D eigenvalue weighted by molar-refractivity contribution is -0.115. The molecule has 6 nitrogen and oxygen atoms in total. The number of amides is 1. The molecule has 6 heteroatoms. The average molecular weight is 258 g/mol. The van der Waals surface area contributed by atoms with E-state index in [4.69, 9.17) is 10.5 Å². The second kappa shape index (κ2) is 4.01. The predicted octanol–water partition coefficient (Wildman–Crippen LogP) is 1.60. The molecule has 0 saturated heterocycles. The molecule has 1 amide bonds. The summed E-state index contributed by atoms with van der Waals surface area (Å²) in [5.41, 5.74) is 8.98. The van der Waals surface area contributed by atoms with Crippen molar-refractivity contribution in [3.63, 3.8) is 0 Å². The van der Waals surface area contributed by atoms with Gasteiger partial charge in [-0.05, 0) is 18.6 Å². The van der Waals surface area contributed by atoms with E-state index in [1.54, 1.807) is 23.9 Å². The van der Waals surface area contributed by atoms with Gasteiger partial charge in [0.25, 0.3) is 0 Å². The van der Waals surface area contributed by atoms with Crippen molar-refractivity contribution in [1.29, 1.82) is 0 Å². The number of benzene rings is 1. The Bertz CT molecular complexity index is 676. The quantitative estimate of drug-likeness (QED) is 0.801. The van der Waals surface area contributed by atoms with Crippen LogP contribution in [0, 0.1) is 6.92 Å². The molecule has 0 unspecified atom stereocenters. The number of nitrogens with zero attached hydrogens (tertiary/aromatic N) is 2. The number of carbonyl (C=O) groups is 1. The van der Waals surface area contributed by atoms with Crippen LogP contribution in [0.15, 0.2) is 18.2 Å². The van der Waals surface area contributed by atoms with Crippen LogP contribution in [0.3, 0.4) is 0 Å². The minimum absolute atomic E-state index is 0.0251. The fraction of sp³-hybridized carbons (Fsp3) is 0.231. The molecule has 0 bridgehead atoms. The fourth-order valence-electron chi connectivity index (χ4n) is 2.16. The van der Waals surface area contributed by atoms with E-state index in [0.29, 0.717) is 23.7 Å². The molecule has 2 heterocycles. The summed E-state index contributed by atoms with van der Waals surface area (Å²) < 4.78 is 7.38. The first-order valence-corrected chi connectivity index (χ1v) is 5.93. The standard InChI is InChI=1S/C13H14N4O2/c1-7-3-13(17(2)16-7)19-11-6-10-8(4-9(11)14)5-12(18)15-10/h3-4,6H,5,14H2,1-2H3,(H,15,18). The molecule has 98 valence electrons. The number of aromatic nitrogens is 2. The Hall–Kier alpha value is -2.50. The molecule has 0 fully saturated rings. The highest BCUT2D eigenvalue weighted by molar-refractivity contribution is 6.00. The van der Waals surface area contributed by atoms with Gasteiger partial charge >= 0.3 is 0 Å². The minimum atomic E-state index is -0.0251. The minimum Gasteiger partial charge on any atom is -0.437 e. The van der Waals surface area contributed by atoms with Gasteiger partial charge in [-0.1, -0.05) is 0 Å². The van der Waals surface area contributed by atoms with E-state index >= 15 is 0 Å². The molecule has 0 saturated carbocycles. The Labute approximate surface area is 110 Å². The molecule has 0 radical (unpaired) electrons. The summed E-state index contributed by atoms with van der Waals surface area (Å²) in [4.78, 5) is 11.3. The van der Waals surface area contributed by atoms with Crippen molar-refractivity contribution < 1.29 is 9.53 Å². The van der Waals surface area contributed by atoms with Crippen LogP contribution in [-0.4, -0.2) is 15.7 Å². The van der Waals surface area contributed by atoms with Crippen molar-refractivity contribution in [2.75, 3.05) is 11.1 Å². The highest BCUT2D eigenvalue weighted by Gasteiger charge is 2.20. The van der Waals surface area contributed by atoms with Gasteiger partial charge in [-0.25, -0.2) is 4.68 Å². The second-order valence-corrected chi connectivity index (χ2v) is 4.62. The number of hydrogen-bond donors (Lipinski definition) is 2. The summed E-state index contributed by atoms with van der Waals surface area (Å²) in [5, 5.41) is 6.98. The lowest BCUT2D eigenvalue weighted by Gasteiger charge is -2.10. The molecule has 1 aromatic heterocycles. The molecular weight excluding hydrogens is 244 g/mol. The van der Waals surface area contributed by atoms with Crippen molar-refractivity contribution in [2.45, 2.75) is 13.3 Å². The number of anilines is 2. The molecule has 0 atom stereocenters. The number of ether oxygens (including phenoxy) is 1. The zero-order valence-electron chi connectivity index (χ0n) is 10.7. The lowest BCUT2D eigenvalue weighted by Crippen LogP contribution is -2.03. The second-order valence-electron chi connectivity index (χ2n) is 4.62. The van der Waals surface area contributed by atoms with Crippen molar-refractivity contribution in [3.8, 4) is 11.6 Å². The number of rotatable bonds is 2. The monoisotopic (exact) mass is 258 g/mol. The maximum atomic E-state index is 11.3.